The predicted octanol–water partition coefficient (Wildman–Crippen LogP) is 2.62. The fourth-order valence-corrected chi connectivity index (χ4v) is 2.36. The lowest BCUT2D eigenvalue weighted by atomic mass is 9.95. The number of allylic oxidation sites excluding steroid dienone is 1. The molecule has 1 aliphatic rings. The molecule has 0 bridgehead atoms. The Morgan fingerprint density at radius 3 is 2.48 bits per heavy atom. The lowest BCUT2D eigenvalue weighted by Crippen LogP contribution is -2.45. The third kappa shape index (κ3) is 4.08. The molecule has 134 valence electrons. The Bertz CT molecular complexity index is 757. The molecule has 0 fully saturated rings. The second-order valence-electron chi connectivity index (χ2n) is 5.45. The molecule has 25 heavy (non-hydrogen) atoms. The molecule has 2 rings (SSSR count). The van der Waals surface area contributed by atoms with Crippen LogP contribution in [0.25, 0.3) is 0 Å². The van der Waals surface area contributed by atoms with E-state index < -0.39 is 40.0 Å². The summed E-state index contributed by atoms with van der Waals surface area (Å²) in [5.74, 6) is 0. The highest BCUT2D eigenvalue weighted by atomic mass is 19.4. The molecule has 1 heterocycles. The van der Waals surface area contributed by atoms with Gasteiger partial charge in [-0.25, -0.2) is 4.79 Å². The van der Waals surface area contributed by atoms with Gasteiger partial charge in [-0.3, -0.25) is 10.1 Å². The second kappa shape index (κ2) is 6.83. The first-order chi connectivity index (χ1) is 11.6. The van der Waals surface area contributed by atoms with Crippen LogP contribution in [0.5, 0.6) is 0 Å². The van der Waals surface area contributed by atoms with E-state index in [9.17, 15) is 28.1 Å². The van der Waals surface area contributed by atoms with Gasteiger partial charge in [-0.1, -0.05) is 18.2 Å². The molecule has 0 saturated carbocycles. The van der Waals surface area contributed by atoms with Gasteiger partial charge in [0.2, 0.25) is 0 Å². The van der Waals surface area contributed by atoms with Gasteiger partial charge in [0.25, 0.3) is 5.70 Å². The van der Waals surface area contributed by atoms with E-state index >= 15 is 0 Å². The Morgan fingerprint density at radius 2 is 1.92 bits per heavy atom. The van der Waals surface area contributed by atoms with Crippen LogP contribution >= 0.6 is 0 Å². The van der Waals surface area contributed by atoms with E-state index in [1.807, 2.05) is 0 Å². The third-order valence-electron chi connectivity index (χ3n) is 3.39. The molecule has 2 N–H and O–H groups in total. The Labute approximate surface area is 141 Å². The quantitative estimate of drug-likeness (QED) is 0.641. The summed E-state index contributed by atoms with van der Waals surface area (Å²) in [7, 11) is 3.31. The first-order valence-corrected chi connectivity index (χ1v) is 7.08. The number of carbonyl (C=O) groups is 1. The summed E-state index contributed by atoms with van der Waals surface area (Å²) in [5.41, 5.74) is -2.19. The highest BCUT2D eigenvalue weighted by molar-refractivity contribution is 5.79. The monoisotopic (exact) mass is 356 g/mol. The summed E-state index contributed by atoms with van der Waals surface area (Å²) in [6.45, 7) is 0. The number of nitro groups is 1. The van der Waals surface area contributed by atoms with E-state index in [4.69, 9.17) is 0 Å². The zero-order valence-corrected chi connectivity index (χ0v) is 13.3. The molecule has 0 aromatic heterocycles. The Hall–Kier alpha value is -3.04. The molecule has 1 aliphatic heterocycles. The molecule has 0 radical (unpaired) electrons. The number of amides is 2. The van der Waals surface area contributed by atoms with Crippen LogP contribution in [0.4, 0.5) is 18.0 Å². The molecular weight excluding hydrogens is 341 g/mol. The van der Waals surface area contributed by atoms with E-state index in [0.29, 0.717) is 0 Å². The van der Waals surface area contributed by atoms with Gasteiger partial charge < -0.3 is 15.5 Å². The molecule has 1 atom stereocenters. The number of halogens is 3. The first-order valence-electron chi connectivity index (χ1n) is 7.08. The van der Waals surface area contributed by atoms with Crippen molar-refractivity contribution >= 4 is 6.03 Å². The van der Waals surface area contributed by atoms with Crippen LogP contribution in [0.2, 0.25) is 0 Å². The normalized spacial score (nSPS) is 18.1. The maximum Gasteiger partial charge on any atom is 0.416 e. The van der Waals surface area contributed by atoms with E-state index in [-0.39, 0.29) is 5.70 Å². The number of carbonyl (C=O) groups excluding carboxylic acids is 1. The van der Waals surface area contributed by atoms with Gasteiger partial charge in [0.05, 0.1) is 10.5 Å². The fraction of sp³-hybridized carbons (Fsp3) is 0.267. The highest BCUT2D eigenvalue weighted by Crippen LogP contribution is 2.38. The third-order valence-corrected chi connectivity index (χ3v) is 3.39. The molecule has 0 aliphatic carbocycles. The van der Waals surface area contributed by atoms with E-state index in [0.717, 1.165) is 12.1 Å². The number of urea groups is 1. The molecule has 1 aromatic rings. The topological polar surface area (TPSA) is 87.5 Å². The maximum atomic E-state index is 13.2. The fourth-order valence-electron chi connectivity index (χ4n) is 2.36. The van der Waals surface area contributed by atoms with Gasteiger partial charge in [-0.2, -0.15) is 13.2 Å². The highest BCUT2D eigenvalue weighted by Gasteiger charge is 2.42. The van der Waals surface area contributed by atoms with Crippen molar-refractivity contribution in [1.29, 1.82) is 0 Å². The van der Waals surface area contributed by atoms with E-state index in [1.165, 1.54) is 24.4 Å². The Kier molecular flexibility index (Phi) is 5.00. The number of hydrogen-bond donors (Lipinski definition) is 2. The lowest BCUT2D eigenvalue weighted by Gasteiger charge is -2.26. The number of nitrogens with one attached hydrogen (secondary N) is 2. The van der Waals surface area contributed by atoms with Crippen LogP contribution < -0.4 is 10.6 Å². The minimum Gasteiger partial charge on any atom is -0.383 e. The number of hydrogen-bond acceptors (Lipinski definition) is 4. The van der Waals surface area contributed by atoms with Crippen LogP contribution in [-0.2, 0) is 6.18 Å². The molecule has 1 aromatic carbocycles. The van der Waals surface area contributed by atoms with Crippen molar-refractivity contribution in [2.75, 3.05) is 14.1 Å². The van der Waals surface area contributed by atoms with Crippen LogP contribution in [-0.4, -0.2) is 29.9 Å². The van der Waals surface area contributed by atoms with Crippen LogP contribution in [0.3, 0.4) is 0 Å². The summed E-state index contributed by atoms with van der Waals surface area (Å²) in [4.78, 5) is 24.1. The van der Waals surface area contributed by atoms with Crippen molar-refractivity contribution in [2.24, 2.45) is 0 Å². The number of alkyl halides is 3. The van der Waals surface area contributed by atoms with Gasteiger partial charge in [0, 0.05) is 20.3 Å². The van der Waals surface area contributed by atoms with Crippen LogP contribution in [0.1, 0.15) is 17.2 Å². The zero-order chi connectivity index (χ0) is 18.8. The minimum absolute atomic E-state index is 0.176. The average Bonchev–Trinajstić information content (AvgIpc) is 2.51. The van der Waals surface area contributed by atoms with Gasteiger partial charge in [-0.05, 0) is 17.7 Å². The van der Waals surface area contributed by atoms with Crippen molar-refractivity contribution in [3.63, 3.8) is 0 Å². The molecular formula is C15H15F3N4O3. The van der Waals surface area contributed by atoms with Crippen molar-refractivity contribution in [1.82, 2.24) is 15.5 Å². The minimum atomic E-state index is -4.71. The molecule has 1 unspecified atom stereocenters. The summed E-state index contributed by atoms with van der Waals surface area (Å²) in [5, 5.41) is 15.9. The molecule has 7 nitrogen and oxygen atoms in total. The summed E-state index contributed by atoms with van der Waals surface area (Å²) < 4.78 is 39.7. The average molecular weight is 356 g/mol. The summed E-state index contributed by atoms with van der Waals surface area (Å²) in [6.07, 6.45) is -2.01. The molecule has 10 heteroatoms. The SMILES string of the molecule is CN(C)C=CC1=C([N+](=O)[O-])C(c2ccccc2C(F)(F)F)NC(=O)N1. The molecule has 0 spiro atoms. The van der Waals surface area contributed by atoms with Crippen molar-refractivity contribution in [2.45, 2.75) is 12.2 Å². The van der Waals surface area contributed by atoms with E-state index in [1.54, 1.807) is 19.0 Å². The number of nitrogens with zero attached hydrogens (tertiary/aromatic N) is 2. The second-order valence-corrected chi connectivity index (χ2v) is 5.45. The summed E-state index contributed by atoms with van der Waals surface area (Å²) in [6, 6.07) is 2.06. The van der Waals surface area contributed by atoms with E-state index in [2.05, 4.69) is 10.6 Å². The zero-order valence-electron chi connectivity index (χ0n) is 13.3. The van der Waals surface area contributed by atoms with Gasteiger partial charge in [0.1, 0.15) is 11.7 Å². The Morgan fingerprint density at radius 1 is 1.28 bits per heavy atom. The summed E-state index contributed by atoms with van der Waals surface area (Å²) >= 11 is 0. The van der Waals surface area contributed by atoms with Gasteiger partial charge in [-0.15, -0.1) is 0 Å². The number of rotatable bonds is 4. The predicted molar refractivity (Wildman–Crippen MR) is 82.7 cm³/mol. The maximum absolute atomic E-state index is 13.2. The number of benzene rings is 1. The van der Waals surface area contributed by atoms with Crippen LogP contribution in [0, 0.1) is 10.1 Å². The molecule has 0 saturated heterocycles. The first kappa shape index (κ1) is 18.3. The lowest BCUT2D eigenvalue weighted by molar-refractivity contribution is -0.432. The standard InChI is InChI=1S/C15H15F3N4O3/c1-21(2)8-7-11-13(22(24)25)12(20-14(23)19-11)9-5-3-4-6-10(9)15(16,17)18/h3-8,12H,1-2H3,(H2,19,20,23). The smallest absolute Gasteiger partial charge is 0.383 e. The van der Waals surface area contributed by atoms with Gasteiger partial charge >= 0.3 is 12.2 Å². The van der Waals surface area contributed by atoms with Crippen LogP contribution in [0.15, 0.2) is 47.9 Å². The van der Waals surface area contributed by atoms with Gasteiger partial charge in [0.15, 0.2) is 0 Å². The Balaban J connectivity index is 2.65. The van der Waals surface area contributed by atoms with Crippen molar-refractivity contribution in [3.8, 4) is 0 Å². The largest absolute Gasteiger partial charge is 0.416 e. The molecule has 2 amide bonds. The van der Waals surface area contributed by atoms with Crippen molar-refractivity contribution in [3.05, 3.63) is 69.2 Å². The van der Waals surface area contributed by atoms with Crippen molar-refractivity contribution < 1.29 is 22.9 Å².